The van der Waals surface area contributed by atoms with Gasteiger partial charge in [0.05, 0.1) is 11.9 Å². The van der Waals surface area contributed by atoms with Crippen LogP contribution in [0.1, 0.15) is 15.9 Å². The van der Waals surface area contributed by atoms with Crippen LogP contribution in [-0.2, 0) is 18.3 Å². The van der Waals surface area contributed by atoms with Gasteiger partial charge in [-0.15, -0.1) is 0 Å². The molecule has 11 nitrogen and oxygen atoms in total. The highest BCUT2D eigenvalue weighted by Crippen LogP contribution is 2.23. The molecule has 0 aliphatic rings. The second-order valence-corrected chi connectivity index (χ2v) is 9.33. The number of likely N-dealkylation sites (N-methyl/N-ethyl adjacent to an activating group) is 1. The Morgan fingerprint density at radius 3 is 2.52 bits per heavy atom. The topological polar surface area (TPSA) is 129 Å². The average Bonchev–Trinajstić information content (AvgIpc) is 3.33. The van der Waals surface area contributed by atoms with E-state index in [1.807, 2.05) is 62.4 Å². The fraction of sp³-hybridized carbons (Fsp3) is 0.207. The van der Waals surface area contributed by atoms with Crippen LogP contribution in [0.2, 0.25) is 0 Å². The lowest BCUT2D eigenvalue weighted by molar-refractivity contribution is -0.111. The van der Waals surface area contributed by atoms with Crippen molar-refractivity contribution in [3.63, 3.8) is 0 Å². The van der Waals surface area contributed by atoms with Crippen LogP contribution in [0.15, 0.2) is 85.3 Å². The first-order chi connectivity index (χ1) is 19.4. The van der Waals surface area contributed by atoms with E-state index in [0.717, 1.165) is 5.56 Å². The number of aryl methyl sites for hydroxylation is 1. The Morgan fingerprint density at radius 1 is 0.975 bits per heavy atom. The minimum absolute atomic E-state index is 0.234. The number of hydrogen-bond acceptors (Lipinski definition) is 8. The lowest BCUT2D eigenvalue weighted by Crippen LogP contribution is -2.27. The summed E-state index contributed by atoms with van der Waals surface area (Å²) in [6, 6.07) is 17.1. The maximum atomic E-state index is 13.1. The maximum Gasteiger partial charge on any atom is 0.256 e. The Morgan fingerprint density at radius 2 is 1.77 bits per heavy atom. The van der Waals surface area contributed by atoms with E-state index in [9.17, 15) is 9.59 Å². The van der Waals surface area contributed by atoms with Crippen molar-refractivity contribution in [2.45, 2.75) is 6.42 Å². The third-order valence-corrected chi connectivity index (χ3v) is 5.67. The fourth-order valence-corrected chi connectivity index (χ4v) is 3.74. The molecule has 2 aromatic heterocycles. The number of rotatable bonds is 12. The van der Waals surface area contributed by atoms with E-state index in [4.69, 9.17) is 0 Å². The number of amides is 2. The van der Waals surface area contributed by atoms with Crippen molar-refractivity contribution in [1.29, 1.82) is 0 Å². The van der Waals surface area contributed by atoms with E-state index < -0.39 is 0 Å². The van der Waals surface area contributed by atoms with Gasteiger partial charge in [0.15, 0.2) is 0 Å². The SMILES string of the molecule is CN(C)C/C=C/C(=O)Nc1cccc(Nc2nc(Nc3cnn(C)c3)ncc2C(=O)NCCc2ccccc2)c1. The zero-order valence-electron chi connectivity index (χ0n) is 22.8. The molecule has 0 radical (unpaired) electrons. The second kappa shape index (κ2) is 13.7. The quantitative estimate of drug-likeness (QED) is 0.201. The van der Waals surface area contributed by atoms with Crippen LogP contribution >= 0.6 is 0 Å². The zero-order valence-corrected chi connectivity index (χ0v) is 22.8. The molecule has 0 spiro atoms. The van der Waals surface area contributed by atoms with Crippen molar-refractivity contribution in [3.05, 3.63) is 96.5 Å². The minimum atomic E-state index is -0.304. The number of nitrogens with zero attached hydrogens (tertiary/aromatic N) is 5. The van der Waals surface area contributed by atoms with Crippen LogP contribution in [0, 0.1) is 0 Å². The summed E-state index contributed by atoms with van der Waals surface area (Å²) in [6.45, 7) is 1.12. The molecule has 0 unspecified atom stereocenters. The van der Waals surface area contributed by atoms with Gasteiger partial charge in [-0.25, -0.2) is 4.98 Å². The number of hydrogen-bond donors (Lipinski definition) is 4. The first-order valence-electron chi connectivity index (χ1n) is 12.8. The molecule has 2 aromatic carbocycles. The van der Waals surface area contributed by atoms with Gasteiger partial charge in [-0.1, -0.05) is 42.5 Å². The molecule has 206 valence electrons. The number of aromatic nitrogens is 4. The molecule has 0 saturated carbocycles. The first-order valence-corrected chi connectivity index (χ1v) is 12.8. The summed E-state index contributed by atoms with van der Waals surface area (Å²) in [6.07, 6.45) is 8.91. The van der Waals surface area contributed by atoms with Crippen molar-refractivity contribution < 1.29 is 9.59 Å². The predicted octanol–water partition coefficient (Wildman–Crippen LogP) is 3.73. The molecule has 0 atom stereocenters. The number of benzene rings is 2. The van der Waals surface area contributed by atoms with Gasteiger partial charge in [0.2, 0.25) is 11.9 Å². The van der Waals surface area contributed by atoms with E-state index >= 15 is 0 Å². The van der Waals surface area contributed by atoms with Gasteiger partial charge >= 0.3 is 0 Å². The van der Waals surface area contributed by atoms with Crippen molar-refractivity contribution in [2.75, 3.05) is 43.1 Å². The molecular weight excluding hydrogens is 506 g/mol. The molecule has 4 N–H and O–H groups in total. The highest BCUT2D eigenvalue weighted by molar-refractivity contribution is 6.00. The van der Waals surface area contributed by atoms with Gasteiger partial charge in [0, 0.05) is 50.0 Å². The van der Waals surface area contributed by atoms with Gasteiger partial charge in [-0.05, 0) is 44.3 Å². The van der Waals surface area contributed by atoms with Gasteiger partial charge in [-0.2, -0.15) is 10.1 Å². The molecule has 2 heterocycles. The number of anilines is 5. The number of carbonyl (C=O) groups is 2. The standard InChI is InChI=1S/C29H33N9O2/c1-37(2)16-8-13-26(39)33-22-11-7-12-23(17-22)34-27-25(28(40)30-15-14-21-9-5-4-6-10-21)19-31-29(36-27)35-24-18-32-38(3)20-24/h4-13,17-20H,14-16H2,1-3H3,(H,30,40)(H,33,39)(H2,31,34,35,36)/b13-8+. The van der Waals surface area contributed by atoms with E-state index in [-0.39, 0.29) is 17.4 Å². The smallest absolute Gasteiger partial charge is 0.256 e. The summed E-state index contributed by atoms with van der Waals surface area (Å²) in [5.41, 5.74) is 3.36. The van der Waals surface area contributed by atoms with E-state index in [1.165, 1.54) is 12.3 Å². The molecule has 4 aromatic rings. The van der Waals surface area contributed by atoms with Gasteiger partial charge < -0.3 is 26.2 Å². The fourth-order valence-electron chi connectivity index (χ4n) is 3.74. The summed E-state index contributed by atoms with van der Waals surface area (Å²) >= 11 is 0. The Labute approximate surface area is 233 Å². The molecule has 0 bridgehead atoms. The normalized spacial score (nSPS) is 11.0. The second-order valence-electron chi connectivity index (χ2n) is 9.33. The van der Waals surface area contributed by atoms with Crippen molar-refractivity contribution >= 4 is 40.6 Å². The van der Waals surface area contributed by atoms with Gasteiger partial charge in [-0.3, -0.25) is 14.3 Å². The van der Waals surface area contributed by atoms with E-state index in [2.05, 4.69) is 36.3 Å². The molecule has 40 heavy (non-hydrogen) atoms. The monoisotopic (exact) mass is 539 g/mol. The van der Waals surface area contributed by atoms with Crippen molar-refractivity contribution in [2.24, 2.45) is 7.05 Å². The Balaban J connectivity index is 1.51. The van der Waals surface area contributed by atoms with E-state index in [1.54, 1.807) is 41.4 Å². The van der Waals surface area contributed by atoms with Crippen LogP contribution < -0.4 is 21.3 Å². The molecule has 11 heteroatoms. The Kier molecular flexibility index (Phi) is 9.57. The summed E-state index contributed by atoms with van der Waals surface area (Å²) in [5, 5.41) is 16.3. The van der Waals surface area contributed by atoms with Crippen LogP contribution in [0.25, 0.3) is 0 Å². The van der Waals surface area contributed by atoms with Crippen molar-refractivity contribution in [1.82, 2.24) is 30.0 Å². The van der Waals surface area contributed by atoms with Crippen LogP contribution in [0.3, 0.4) is 0 Å². The first kappa shape index (κ1) is 28.0. The van der Waals surface area contributed by atoms with Gasteiger partial charge in [0.25, 0.3) is 5.91 Å². The highest BCUT2D eigenvalue weighted by atomic mass is 16.2. The molecule has 0 aliphatic heterocycles. The largest absolute Gasteiger partial charge is 0.352 e. The van der Waals surface area contributed by atoms with E-state index in [0.29, 0.717) is 48.3 Å². The number of carbonyl (C=O) groups excluding carboxylic acids is 2. The average molecular weight is 540 g/mol. The third kappa shape index (κ3) is 8.50. The Bertz CT molecular complexity index is 1470. The van der Waals surface area contributed by atoms with Crippen LogP contribution in [0.5, 0.6) is 0 Å². The predicted molar refractivity (Wildman–Crippen MR) is 157 cm³/mol. The van der Waals surface area contributed by atoms with Crippen molar-refractivity contribution in [3.8, 4) is 0 Å². The summed E-state index contributed by atoms with van der Waals surface area (Å²) in [7, 11) is 5.67. The lowest BCUT2D eigenvalue weighted by Gasteiger charge is -2.14. The third-order valence-electron chi connectivity index (χ3n) is 5.67. The highest BCUT2D eigenvalue weighted by Gasteiger charge is 2.16. The van der Waals surface area contributed by atoms with Gasteiger partial charge in [0.1, 0.15) is 11.4 Å². The van der Waals surface area contributed by atoms with Crippen LogP contribution in [0.4, 0.5) is 28.8 Å². The summed E-state index contributed by atoms with van der Waals surface area (Å²) in [5.74, 6) is 0.0732. The summed E-state index contributed by atoms with van der Waals surface area (Å²) in [4.78, 5) is 36.3. The molecule has 0 aliphatic carbocycles. The van der Waals surface area contributed by atoms with Crippen LogP contribution in [-0.4, -0.2) is 63.6 Å². The summed E-state index contributed by atoms with van der Waals surface area (Å²) < 4.78 is 1.66. The maximum absolute atomic E-state index is 13.1. The Hall–Kier alpha value is -5.03. The molecule has 0 saturated heterocycles. The molecule has 0 fully saturated rings. The lowest BCUT2D eigenvalue weighted by atomic mass is 10.1. The minimum Gasteiger partial charge on any atom is -0.352 e. The molecular formula is C29H33N9O2. The molecule has 2 amide bonds. The zero-order chi connectivity index (χ0) is 28.3. The molecule has 4 rings (SSSR count). The number of nitrogens with one attached hydrogen (secondary N) is 4.